The van der Waals surface area contributed by atoms with E-state index >= 15 is 0 Å². The summed E-state index contributed by atoms with van der Waals surface area (Å²) in [5.41, 5.74) is 0.545. The van der Waals surface area contributed by atoms with Crippen molar-refractivity contribution in [3.8, 4) is 17.2 Å². The zero-order valence-corrected chi connectivity index (χ0v) is 11.8. The van der Waals surface area contributed by atoms with Crippen LogP contribution in [0.2, 0.25) is 0 Å². The third kappa shape index (κ3) is 4.78. The van der Waals surface area contributed by atoms with Crippen LogP contribution in [-0.2, 0) is 6.42 Å². The molecule has 0 amide bonds. The van der Waals surface area contributed by atoms with Crippen LogP contribution in [0, 0.1) is 0 Å². The van der Waals surface area contributed by atoms with Gasteiger partial charge in [0.25, 0.3) is 0 Å². The lowest BCUT2D eigenvalue weighted by Crippen LogP contribution is -2.25. The normalized spacial score (nSPS) is 11.3. The lowest BCUT2D eigenvalue weighted by molar-refractivity contribution is -0.0498. The van der Waals surface area contributed by atoms with Crippen LogP contribution >= 0.6 is 0 Å². The number of nitrogens with one attached hydrogen (secondary N) is 1. The summed E-state index contributed by atoms with van der Waals surface area (Å²) in [6, 6.07) is 6.56. The highest BCUT2D eigenvalue weighted by Gasteiger charge is 2.11. The number of rotatable bonds is 7. The van der Waals surface area contributed by atoms with E-state index in [9.17, 15) is 8.78 Å². The monoisotopic (exact) mass is 297 g/mol. The Kier molecular flexibility index (Phi) is 5.21. The Morgan fingerprint density at radius 1 is 1.29 bits per heavy atom. The summed E-state index contributed by atoms with van der Waals surface area (Å²) in [6.07, 6.45) is 0.610. The number of halogens is 2. The Morgan fingerprint density at radius 2 is 2.10 bits per heavy atom. The van der Waals surface area contributed by atoms with Crippen molar-refractivity contribution in [3.05, 3.63) is 30.2 Å². The second-order valence-corrected chi connectivity index (χ2v) is 4.77. The van der Waals surface area contributed by atoms with Crippen molar-refractivity contribution in [1.29, 1.82) is 0 Å². The Bertz CT molecular complexity index is 573. The maximum atomic E-state index is 12.2. The number of alkyl halides is 2. The molecule has 2 rings (SSSR count). The van der Waals surface area contributed by atoms with Crippen LogP contribution in [0.4, 0.5) is 8.78 Å². The lowest BCUT2D eigenvalue weighted by Gasteiger charge is -2.05. The molecule has 21 heavy (non-hydrogen) atoms. The molecule has 1 aromatic carbocycles. The molecule has 2 aromatic rings. The molecular weight excluding hydrogens is 280 g/mol. The van der Waals surface area contributed by atoms with Crippen LogP contribution in [-0.4, -0.2) is 29.4 Å². The fourth-order valence-electron chi connectivity index (χ4n) is 1.74. The molecule has 1 heterocycles. The van der Waals surface area contributed by atoms with Crippen LogP contribution in [0.15, 0.2) is 28.7 Å². The van der Waals surface area contributed by atoms with E-state index in [-0.39, 0.29) is 11.6 Å². The van der Waals surface area contributed by atoms with Crippen molar-refractivity contribution in [2.45, 2.75) is 32.9 Å². The van der Waals surface area contributed by atoms with Crippen molar-refractivity contribution in [2.75, 3.05) is 6.54 Å². The molecule has 1 N–H and O–H groups in total. The summed E-state index contributed by atoms with van der Waals surface area (Å²) in [6.45, 7) is 1.97. The number of nitrogens with zero attached hydrogens (tertiary/aromatic N) is 2. The first-order valence-corrected chi connectivity index (χ1v) is 6.65. The first-order valence-electron chi connectivity index (χ1n) is 6.65. The first-order chi connectivity index (χ1) is 10.0. The van der Waals surface area contributed by atoms with E-state index < -0.39 is 6.61 Å². The van der Waals surface area contributed by atoms with Crippen molar-refractivity contribution in [2.24, 2.45) is 0 Å². The topological polar surface area (TPSA) is 60.2 Å². The molecule has 0 aliphatic carbocycles. The number of benzene rings is 1. The third-order valence-electron chi connectivity index (χ3n) is 2.66. The molecule has 5 nitrogen and oxygen atoms in total. The summed E-state index contributed by atoms with van der Waals surface area (Å²) in [5.74, 6) is 0.844. The minimum atomic E-state index is -2.86. The van der Waals surface area contributed by atoms with Gasteiger partial charge in [-0.25, -0.2) is 0 Å². The molecule has 0 spiro atoms. The number of ether oxygens (including phenoxy) is 1. The van der Waals surface area contributed by atoms with Gasteiger partial charge in [0.1, 0.15) is 5.75 Å². The summed E-state index contributed by atoms with van der Waals surface area (Å²) in [5, 5.41) is 11.1. The molecule has 0 unspecified atom stereocenters. The van der Waals surface area contributed by atoms with E-state index in [1.807, 2.05) is 13.8 Å². The van der Waals surface area contributed by atoms with Gasteiger partial charge in [-0.1, -0.05) is 19.9 Å². The van der Waals surface area contributed by atoms with E-state index in [1.54, 1.807) is 12.1 Å². The molecule has 0 saturated heterocycles. The summed E-state index contributed by atoms with van der Waals surface area (Å²) < 4.78 is 34.2. The van der Waals surface area contributed by atoms with Gasteiger partial charge >= 0.3 is 6.61 Å². The van der Waals surface area contributed by atoms with Crippen molar-refractivity contribution >= 4 is 0 Å². The van der Waals surface area contributed by atoms with E-state index in [2.05, 4.69) is 20.3 Å². The summed E-state index contributed by atoms with van der Waals surface area (Å²) in [4.78, 5) is 0. The molecule has 114 valence electrons. The Balaban J connectivity index is 2.03. The van der Waals surface area contributed by atoms with Gasteiger partial charge in [-0.15, -0.1) is 10.2 Å². The SMILES string of the molecule is CC(C)NCCc1nnc(-c2cccc(OC(F)F)c2)o1. The molecule has 1 aromatic heterocycles. The van der Waals surface area contributed by atoms with E-state index in [0.717, 1.165) is 6.54 Å². The van der Waals surface area contributed by atoms with Crippen LogP contribution < -0.4 is 10.1 Å². The van der Waals surface area contributed by atoms with Crippen molar-refractivity contribution in [1.82, 2.24) is 15.5 Å². The highest BCUT2D eigenvalue weighted by molar-refractivity contribution is 5.55. The van der Waals surface area contributed by atoms with E-state index in [0.29, 0.717) is 23.9 Å². The molecule has 7 heteroatoms. The molecule has 0 atom stereocenters. The zero-order valence-electron chi connectivity index (χ0n) is 11.8. The van der Waals surface area contributed by atoms with Crippen molar-refractivity contribution < 1.29 is 17.9 Å². The lowest BCUT2D eigenvalue weighted by atomic mass is 10.2. The number of hydrogen-bond donors (Lipinski definition) is 1. The predicted octanol–water partition coefficient (Wildman–Crippen LogP) is 2.88. The van der Waals surface area contributed by atoms with Gasteiger partial charge in [-0.3, -0.25) is 0 Å². The third-order valence-corrected chi connectivity index (χ3v) is 2.66. The quantitative estimate of drug-likeness (QED) is 0.851. The first kappa shape index (κ1) is 15.4. The van der Waals surface area contributed by atoms with Gasteiger partial charge in [0.15, 0.2) is 0 Å². The van der Waals surface area contributed by atoms with Gasteiger partial charge in [0, 0.05) is 24.6 Å². The minimum Gasteiger partial charge on any atom is -0.435 e. The molecular formula is C14H17F2N3O2. The molecule has 0 aliphatic rings. The van der Waals surface area contributed by atoms with Gasteiger partial charge in [-0.05, 0) is 18.2 Å². The Hall–Kier alpha value is -2.02. The van der Waals surface area contributed by atoms with Gasteiger partial charge < -0.3 is 14.5 Å². The van der Waals surface area contributed by atoms with Gasteiger partial charge in [0.2, 0.25) is 11.8 Å². The van der Waals surface area contributed by atoms with E-state index in [4.69, 9.17) is 4.42 Å². The Labute approximate surface area is 121 Å². The predicted molar refractivity (Wildman–Crippen MR) is 73.2 cm³/mol. The van der Waals surface area contributed by atoms with E-state index in [1.165, 1.54) is 12.1 Å². The minimum absolute atomic E-state index is 0.0590. The standard InChI is InChI=1S/C14H17F2N3O2/c1-9(2)17-7-6-12-18-19-13(21-12)10-4-3-5-11(8-10)20-14(15)16/h3-5,8-9,14,17H,6-7H2,1-2H3. The molecule has 0 fully saturated rings. The smallest absolute Gasteiger partial charge is 0.387 e. The largest absolute Gasteiger partial charge is 0.435 e. The zero-order chi connectivity index (χ0) is 15.2. The molecule has 0 saturated carbocycles. The summed E-state index contributed by atoms with van der Waals surface area (Å²) >= 11 is 0. The average molecular weight is 297 g/mol. The maximum absolute atomic E-state index is 12.2. The number of hydrogen-bond acceptors (Lipinski definition) is 5. The highest BCUT2D eigenvalue weighted by atomic mass is 19.3. The number of aromatic nitrogens is 2. The molecule has 0 bridgehead atoms. The van der Waals surface area contributed by atoms with Crippen LogP contribution in [0.25, 0.3) is 11.5 Å². The average Bonchev–Trinajstić information content (AvgIpc) is 2.86. The second-order valence-electron chi connectivity index (χ2n) is 4.77. The second kappa shape index (κ2) is 7.12. The van der Waals surface area contributed by atoms with Gasteiger partial charge in [0.05, 0.1) is 0 Å². The van der Waals surface area contributed by atoms with Crippen LogP contribution in [0.3, 0.4) is 0 Å². The van der Waals surface area contributed by atoms with Crippen LogP contribution in [0.1, 0.15) is 19.7 Å². The molecule has 0 aliphatic heterocycles. The molecule has 0 radical (unpaired) electrons. The van der Waals surface area contributed by atoms with Gasteiger partial charge in [-0.2, -0.15) is 8.78 Å². The Morgan fingerprint density at radius 3 is 2.81 bits per heavy atom. The highest BCUT2D eigenvalue weighted by Crippen LogP contribution is 2.23. The van der Waals surface area contributed by atoms with Crippen LogP contribution in [0.5, 0.6) is 5.75 Å². The van der Waals surface area contributed by atoms with Crippen molar-refractivity contribution in [3.63, 3.8) is 0 Å². The fourth-order valence-corrected chi connectivity index (χ4v) is 1.74. The fraction of sp³-hybridized carbons (Fsp3) is 0.429. The summed E-state index contributed by atoms with van der Waals surface area (Å²) in [7, 11) is 0. The maximum Gasteiger partial charge on any atom is 0.387 e.